The van der Waals surface area contributed by atoms with E-state index in [0.29, 0.717) is 0 Å². The Bertz CT molecular complexity index is 419. The van der Waals surface area contributed by atoms with Crippen LogP contribution in [0.2, 0.25) is 0 Å². The summed E-state index contributed by atoms with van der Waals surface area (Å²) < 4.78 is 1.38. The van der Waals surface area contributed by atoms with Crippen LogP contribution in [0, 0.1) is 0 Å². The lowest BCUT2D eigenvalue weighted by molar-refractivity contribution is 0.668. The molecule has 0 unspecified atom stereocenters. The number of fused-ring (bicyclic) bond motifs is 1. The Balaban J connectivity index is 2.04. The van der Waals surface area contributed by atoms with E-state index in [9.17, 15) is 0 Å². The molecule has 1 heterocycles. The summed E-state index contributed by atoms with van der Waals surface area (Å²) in [6, 6.07) is 6.46. The molecule has 15 heavy (non-hydrogen) atoms. The van der Waals surface area contributed by atoms with Gasteiger partial charge in [0.1, 0.15) is 0 Å². The summed E-state index contributed by atoms with van der Waals surface area (Å²) in [4.78, 5) is 4.34. The molecular weight excluding hydrogens is 202 g/mol. The number of aromatic nitrogens is 1. The highest BCUT2D eigenvalue weighted by Gasteiger charge is 2.02. The highest BCUT2D eigenvalue weighted by molar-refractivity contribution is 7.16. The van der Waals surface area contributed by atoms with Crippen LogP contribution in [0.15, 0.2) is 23.7 Å². The zero-order valence-electron chi connectivity index (χ0n) is 9.20. The SMILES string of the molecule is CCCCCCc1cccc2ncsc12. The molecule has 2 rings (SSSR count). The van der Waals surface area contributed by atoms with Gasteiger partial charge in [0.05, 0.1) is 15.7 Å². The van der Waals surface area contributed by atoms with Crippen molar-refractivity contribution in [3.05, 3.63) is 29.3 Å². The van der Waals surface area contributed by atoms with Crippen molar-refractivity contribution in [2.45, 2.75) is 39.0 Å². The quantitative estimate of drug-likeness (QED) is 0.678. The van der Waals surface area contributed by atoms with Crippen LogP contribution in [0.4, 0.5) is 0 Å². The molecule has 0 atom stereocenters. The van der Waals surface area contributed by atoms with Gasteiger partial charge in [-0.2, -0.15) is 0 Å². The summed E-state index contributed by atoms with van der Waals surface area (Å²) in [6.07, 6.45) is 6.54. The molecule has 0 spiro atoms. The fraction of sp³-hybridized carbons (Fsp3) is 0.462. The van der Waals surface area contributed by atoms with Crippen LogP contribution in [0.1, 0.15) is 38.2 Å². The van der Waals surface area contributed by atoms with Crippen LogP contribution in [0.3, 0.4) is 0 Å². The average Bonchev–Trinajstić information content (AvgIpc) is 2.73. The van der Waals surface area contributed by atoms with Crippen molar-refractivity contribution in [2.24, 2.45) is 0 Å². The molecule has 0 saturated heterocycles. The standard InChI is InChI=1S/C13H17NS/c1-2-3-4-5-7-11-8-6-9-12-13(11)15-10-14-12/h6,8-10H,2-5,7H2,1H3. The van der Waals surface area contributed by atoms with E-state index in [-0.39, 0.29) is 0 Å². The van der Waals surface area contributed by atoms with Crippen LogP contribution in [-0.4, -0.2) is 4.98 Å². The van der Waals surface area contributed by atoms with Crippen molar-refractivity contribution < 1.29 is 0 Å². The van der Waals surface area contributed by atoms with Crippen LogP contribution in [-0.2, 0) is 6.42 Å². The van der Waals surface area contributed by atoms with Crippen LogP contribution < -0.4 is 0 Å². The van der Waals surface area contributed by atoms with Crippen molar-refractivity contribution >= 4 is 21.6 Å². The van der Waals surface area contributed by atoms with Gasteiger partial charge in [0.15, 0.2) is 0 Å². The molecule has 80 valence electrons. The number of rotatable bonds is 5. The Morgan fingerprint density at radius 2 is 2.13 bits per heavy atom. The fourth-order valence-electron chi connectivity index (χ4n) is 1.88. The highest BCUT2D eigenvalue weighted by atomic mass is 32.1. The van der Waals surface area contributed by atoms with Gasteiger partial charge in [-0.3, -0.25) is 0 Å². The van der Waals surface area contributed by atoms with Gasteiger partial charge in [-0.25, -0.2) is 4.98 Å². The minimum atomic E-state index is 1.16. The largest absolute Gasteiger partial charge is 0.245 e. The second-order valence-corrected chi connectivity index (χ2v) is 4.78. The number of unbranched alkanes of at least 4 members (excludes halogenated alkanes) is 3. The van der Waals surface area contributed by atoms with Gasteiger partial charge < -0.3 is 0 Å². The summed E-state index contributed by atoms with van der Waals surface area (Å²) in [7, 11) is 0. The lowest BCUT2D eigenvalue weighted by Gasteiger charge is -2.01. The Kier molecular flexibility index (Phi) is 3.73. The maximum atomic E-state index is 4.34. The minimum absolute atomic E-state index is 1.16. The Morgan fingerprint density at radius 3 is 3.00 bits per heavy atom. The van der Waals surface area contributed by atoms with Gasteiger partial charge in [0.25, 0.3) is 0 Å². The van der Waals surface area contributed by atoms with E-state index < -0.39 is 0 Å². The molecule has 0 saturated carbocycles. The van der Waals surface area contributed by atoms with Gasteiger partial charge in [-0.05, 0) is 24.5 Å². The van der Waals surface area contributed by atoms with Crippen molar-refractivity contribution in [1.82, 2.24) is 4.98 Å². The molecular formula is C13H17NS. The second kappa shape index (κ2) is 5.26. The second-order valence-electron chi connectivity index (χ2n) is 3.93. The van der Waals surface area contributed by atoms with E-state index in [0.717, 1.165) is 5.52 Å². The van der Waals surface area contributed by atoms with Gasteiger partial charge in [0, 0.05) is 0 Å². The molecule has 0 bridgehead atoms. The number of benzene rings is 1. The van der Waals surface area contributed by atoms with E-state index in [2.05, 4.69) is 30.1 Å². The van der Waals surface area contributed by atoms with Crippen LogP contribution in [0.5, 0.6) is 0 Å². The zero-order chi connectivity index (χ0) is 10.5. The average molecular weight is 219 g/mol. The summed E-state index contributed by atoms with van der Waals surface area (Å²) in [5.74, 6) is 0. The smallest absolute Gasteiger partial charge is 0.0814 e. The first-order chi connectivity index (χ1) is 7.42. The first-order valence-electron chi connectivity index (χ1n) is 5.73. The van der Waals surface area contributed by atoms with E-state index >= 15 is 0 Å². The third-order valence-electron chi connectivity index (χ3n) is 2.74. The molecule has 0 aliphatic heterocycles. The lowest BCUT2D eigenvalue weighted by Crippen LogP contribution is -1.86. The van der Waals surface area contributed by atoms with Crippen molar-refractivity contribution in [3.8, 4) is 0 Å². The van der Waals surface area contributed by atoms with Crippen molar-refractivity contribution in [1.29, 1.82) is 0 Å². The normalized spacial score (nSPS) is 11.0. The maximum absolute atomic E-state index is 4.34. The molecule has 1 nitrogen and oxygen atoms in total. The molecule has 1 aromatic carbocycles. The molecule has 1 aromatic heterocycles. The Morgan fingerprint density at radius 1 is 1.20 bits per heavy atom. The van der Waals surface area contributed by atoms with E-state index in [1.165, 1.54) is 42.4 Å². The number of thiazole rings is 1. The molecule has 0 fully saturated rings. The van der Waals surface area contributed by atoms with E-state index in [4.69, 9.17) is 0 Å². The topological polar surface area (TPSA) is 12.9 Å². The van der Waals surface area contributed by atoms with Crippen molar-refractivity contribution in [2.75, 3.05) is 0 Å². The predicted octanol–water partition coefficient (Wildman–Crippen LogP) is 4.42. The first kappa shape index (κ1) is 10.6. The third-order valence-corrected chi connectivity index (χ3v) is 3.66. The summed E-state index contributed by atoms with van der Waals surface area (Å²) >= 11 is 1.77. The molecule has 0 N–H and O–H groups in total. The zero-order valence-corrected chi connectivity index (χ0v) is 10.0. The number of hydrogen-bond acceptors (Lipinski definition) is 2. The monoisotopic (exact) mass is 219 g/mol. The molecule has 0 aliphatic carbocycles. The number of hydrogen-bond donors (Lipinski definition) is 0. The summed E-state index contributed by atoms with van der Waals surface area (Å²) in [6.45, 7) is 2.25. The maximum Gasteiger partial charge on any atom is 0.0814 e. The van der Waals surface area contributed by atoms with E-state index in [1.807, 2.05) is 5.51 Å². The summed E-state index contributed by atoms with van der Waals surface area (Å²) in [5.41, 5.74) is 4.58. The van der Waals surface area contributed by atoms with Gasteiger partial charge in [0.2, 0.25) is 0 Å². The Labute approximate surface area is 95.2 Å². The molecule has 2 heteroatoms. The lowest BCUT2D eigenvalue weighted by atomic mass is 10.1. The van der Waals surface area contributed by atoms with Crippen LogP contribution >= 0.6 is 11.3 Å². The van der Waals surface area contributed by atoms with Gasteiger partial charge in [-0.1, -0.05) is 38.3 Å². The fourth-order valence-corrected chi connectivity index (χ4v) is 2.72. The predicted molar refractivity (Wildman–Crippen MR) is 67.5 cm³/mol. The van der Waals surface area contributed by atoms with Crippen molar-refractivity contribution in [3.63, 3.8) is 0 Å². The summed E-state index contributed by atoms with van der Waals surface area (Å²) in [5, 5.41) is 0. The Hall–Kier alpha value is -0.890. The molecule has 0 radical (unpaired) electrons. The molecule has 0 amide bonds. The number of aryl methyl sites for hydroxylation is 1. The highest BCUT2D eigenvalue weighted by Crippen LogP contribution is 2.23. The van der Waals surface area contributed by atoms with Gasteiger partial charge >= 0.3 is 0 Å². The number of nitrogens with zero attached hydrogens (tertiary/aromatic N) is 1. The molecule has 0 aliphatic rings. The van der Waals surface area contributed by atoms with E-state index in [1.54, 1.807) is 11.3 Å². The van der Waals surface area contributed by atoms with Gasteiger partial charge in [-0.15, -0.1) is 11.3 Å². The molecule has 2 aromatic rings. The minimum Gasteiger partial charge on any atom is -0.245 e. The van der Waals surface area contributed by atoms with Crippen LogP contribution in [0.25, 0.3) is 10.2 Å². The first-order valence-corrected chi connectivity index (χ1v) is 6.61. The third kappa shape index (κ3) is 2.57.